The molecule has 0 bridgehead atoms. The molecular formula is C46H77N11. The van der Waals surface area contributed by atoms with E-state index in [2.05, 4.69) is 146 Å². The molecule has 6 heterocycles. The van der Waals surface area contributed by atoms with Gasteiger partial charge in [-0.1, -0.05) is 75.3 Å². The van der Waals surface area contributed by atoms with E-state index in [1.165, 1.54) is 39.2 Å². The van der Waals surface area contributed by atoms with E-state index in [9.17, 15) is 0 Å². The predicted octanol–water partition coefficient (Wildman–Crippen LogP) is 11.1. The van der Waals surface area contributed by atoms with E-state index in [4.69, 9.17) is 0 Å². The highest BCUT2D eigenvalue weighted by Crippen LogP contribution is 2.18. The van der Waals surface area contributed by atoms with Crippen molar-refractivity contribution in [2.45, 2.75) is 146 Å². The van der Waals surface area contributed by atoms with Gasteiger partial charge in [-0.3, -0.25) is 28.4 Å². The van der Waals surface area contributed by atoms with Crippen LogP contribution in [0.4, 0.5) is 0 Å². The Morgan fingerprint density at radius 1 is 0.526 bits per heavy atom. The molecule has 0 unspecified atom stereocenters. The van der Waals surface area contributed by atoms with Gasteiger partial charge < -0.3 is 0 Å². The first-order chi connectivity index (χ1) is 26.5. The number of pyridine rings is 1. The van der Waals surface area contributed by atoms with Crippen LogP contribution in [0.3, 0.4) is 0 Å². The number of hydrogen-bond donors (Lipinski definition) is 0. The fraction of sp³-hybridized carbons (Fsp3) is 0.565. The van der Waals surface area contributed by atoms with Gasteiger partial charge in [-0.15, -0.1) is 0 Å². The first-order valence-corrected chi connectivity index (χ1v) is 20.4. The average molecular weight is 784 g/mol. The number of nitrogens with zero attached hydrogens (tertiary/aromatic N) is 11. The molecule has 6 aromatic heterocycles. The molecule has 0 spiro atoms. The zero-order valence-corrected chi connectivity index (χ0v) is 39.2. The van der Waals surface area contributed by atoms with Gasteiger partial charge >= 0.3 is 0 Å². The molecule has 0 fully saturated rings. The van der Waals surface area contributed by atoms with E-state index in [-0.39, 0.29) is 0 Å². The Morgan fingerprint density at radius 3 is 1.37 bits per heavy atom. The van der Waals surface area contributed by atoms with Gasteiger partial charge in [0.05, 0.1) is 30.0 Å². The van der Waals surface area contributed by atoms with E-state index >= 15 is 0 Å². The van der Waals surface area contributed by atoms with Crippen LogP contribution in [0.25, 0.3) is 0 Å². The molecule has 6 aromatic rings. The summed E-state index contributed by atoms with van der Waals surface area (Å²) in [7, 11) is 7.86. The second-order valence-corrected chi connectivity index (χ2v) is 16.6. The molecule has 6 rings (SSSR count). The van der Waals surface area contributed by atoms with Crippen LogP contribution in [-0.2, 0) is 28.2 Å². The van der Waals surface area contributed by atoms with Gasteiger partial charge in [0.2, 0.25) is 0 Å². The standard InChI is InChI=1S/3C8H14N2.C8H11N.2C7H12N2/c1-6(2)8-5-10(4)9-7(8)3;1-6(2)8-5-9-10(4)7(8)3;1-6(2)8-5-7(3)9-10(8)4;1-7(2)8-4-3-5-9-6-8;1-6(2)7-4-8-9(3)5-7;1-6(2)9-5-7(3)4-8-9/h3*5-6H,1-4H3;3-7H,1-2H3;2*4-6H,1-3H3. The Balaban J connectivity index is 0.000000342. The van der Waals surface area contributed by atoms with Crippen molar-refractivity contribution >= 4 is 0 Å². The molecule has 0 amide bonds. The van der Waals surface area contributed by atoms with Gasteiger partial charge in [-0.2, -0.15) is 25.5 Å². The van der Waals surface area contributed by atoms with Crippen molar-refractivity contribution in [3.63, 3.8) is 0 Å². The minimum atomic E-state index is 0.485. The Labute approximate surface area is 345 Å². The first-order valence-electron chi connectivity index (χ1n) is 20.4. The molecule has 0 atom stereocenters. The van der Waals surface area contributed by atoms with Crippen molar-refractivity contribution < 1.29 is 0 Å². The van der Waals surface area contributed by atoms with Crippen LogP contribution >= 0.6 is 0 Å². The SMILES string of the molecule is CC(C)c1cccnc1.CC(C)c1cnn(C)c1.Cc1c(C(C)C)cnn1C.Cc1cc(C(C)C)n(C)n1.Cc1cnn(C(C)C)c1.Cc1nn(C)cc1C(C)C. The van der Waals surface area contributed by atoms with Crippen molar-refractivity contribution in [3.8, 4) is 0 Å². The molecule has 0 aliphatic rings. The largest absolute Gasteiger partial charge is 0.276 e. The maximum atomic E-state index is 4.25. The molecule has 316 valence electrons. The lowest BCUT2D eigenvalue weighted by Crippen LogP contribution is -1.99. The smallest absolute Gasteiger partial charge is 0.0628 e. The summed E-state index contributed by atoms with van der Waals surface area (Å²) in [6.45, 7) is 34.2. The van der Waals surface area contributed by atoms with E-state index in [0.29, 0.717) is 35.6 Å². The molecule has 57 heavy (non-hydrogen) atoms. The van der Waals surface area contributed by atoms with Crippen LogP contribution in [0, 0.1) is 27.7 Å². The van der Waals surface area contributed by atoms with Crippen molar-refractivity contribution in [1.29, 1.82) is 0 Å². The lowest BCUT2D eigenvalue weighted by atomic mass is 10.1. The molecule has 0 saturated heterocycles. The highest BCUT2D eigenvalue weighted by Gasteiger charge is 2.07. The summed E-state index contributed by atoms with van der Waals surface area (Å²) in [5, 5.41) is 20.8. The predicted molar refractivity (Wildman–Crippen MR) is 239 cm³/mol. The summed E-state index contributed by atoms with van der Waals surface area (Å²) in [6.07, 6.45) is 15.6. The summed E-state index contributed by atoms with van der Waals surface area (Å²) >= 11 is 0. The van der Waals surface area contributed by atoms with Gasteiger partial charge in [-0.25, -0.2) is 0 Å². The topological polar surface area (TPSA) is 102 Å². The first kappa shape index (κ1) is 50.2. The van der Waals surface area contributed by atoms with Crippen molar-refractivity contribution in [3.05, 3.63) is 118 Å². The summed E-state index contributed by atoms with van der Waals surface area (Å²) in [5.74, 6) is 2.95. The van der Waals surface area contributed by atoms with E-state index in [1.54, 1.807) is 6.20 Å². The lowest BCUT2D eigenvalue weighted by molar-refractivity contribution is 0.532. The lowest BCUT2D eigenvalue weighted by Gasteiger charge is -2.02. The molecule has 0 aliphatic carbocycles. The third-order valence-corrected chi connectivity index (χ3v) is 9.20. The molecular weight excluding hydrogens is 707 g/mol. The average Bonchev–Trinajstić information content (AvgIpc) is 3.97. The van der Waals surface area contributed by atoms with Gasteiger partial charge in [0.15, 0.2) is 0 Å². The molecule has 11 nitrogen and oxygen atoms in total. The number of rotatable bonds is 6. The Kier molecular flexibility index (Phi) is 21.8. The van der Waals surface area contributed by atoms with Gasteiger partial charge in [0.25, 0.3) is 0 Å². The highest BCUT2D eigenvalue weighted by atomic mass is 15.3. The van der Waals surface area contributed by atoms with Crippen LogP contribution in [0.1, 0.15) is 169 Å². The minimum absolute atomic E-state index is 0.485. The molecule has 11 heteroatoms. The molecule has 0 aliphatic heterocycles. The van der Waals surface area contributed by atoms with Crippen molar-refractivity contribution in [2.75, 3.05) is 0 Å². The Bertz CT molecular complexity index is 1840. The Hall–Kier alpha value is -4.80. The van der Waals surface area contributed by atoms with Gasteiger partial charge in [0, 0.05) is 76.6 Å². The van der Waals surface area contributed by atoms with Crippen LogP contribution in [0.2, 0.25) is 0 Å². The maximum Gasteiger partial charge on any atom is 0.0628 e. The highest BCUT2D eigenvalue weighted by molar-refractivity contribution is 5.20. The van der Waals surface area contributed by atoms with E-state index < -0.39 is 0 Å². The second kappa shape index (κ2) is 24.8. The third-order valence-electron chi connectivity index (χ3n) is 9.20. The van der Waals surface area contributed by atoms with Crippen LogP contribution in [0.5, 0.6) is 0 Å². The molecule has 0 aromatic carbocycles. The van der Waals surface area contributed by atoms with Gasteiger partial charge in [0.1, 0.15) is 0 Å². The number of hydrogen-bond acceptors (Lipinski definition) is 6. The van der Waals surface area contributed by atoms with Crippen molar-refractivity contribution in [1.82, 2.24) is 53.9 Å². The Morgan fingerprint density at radius 2 is 1.14 bits per heavy atom. The summed E-state index contributed by atoms with van der Waals surface area (Å²) in [4.78, 5) is 4.01. The maximum absolute atomic E-state index is 4.25. The third kappa shape index (κ3) is 18.3. The van der Waals surface area contributed by atoms with Crippen LogP contribution < -0.4 is 0 Å². The summed E-state index contributed by atoms with van der Waals surface area (Å²) in [5.41, 5.74) is 11.4. The van der Waals surface area contributed by atoms with Crippen LogP contribution in [-0.4, -0.2) is 53.9 Å². The fourth-order valence-electron chi connectivity index (χ4n) is 5.61. The van der Waals surface area contributed by atoms with E-state index in [0.717, 1.165) is 11.4 Å². The fourth-order valence-corrected chi connectivity index (χ4v) is 5.61. The zero-order chi connectivity index (χ0) is 43.6. The normalized spacial score (nSPS) is 10.7. The number of aryl methyl sites for hydroxylation is 7. The summed E-state index contributed by atoms with van der Waals surface area (Å²) in [6, 6.07) is 6.68. The minimum Gasteiger partial charge on any atom is -0.276 e. The molecule has 0 N–H and O–H groups in total. The summed E-state index contributed by atoms with van der Waals surface area (Å²) < 4.78 is 9.50. The quantitative estimate of drug-likeness (QED) is 0.167. The van der Waals surface area contributed by atoms with Crippen LogP contribution in [0.15, 0.2) is 67.8 Å². The van der Waals surface area contributed by atoms with Crippen molar-refractivity contribution in [2.24, 2.45) is 28.2 Å². The molecule has 0 radical (unpaired) electrons. The molecule has 0 saturated carbocycles. The number of aromatic nitrogens is 11. The zero-order valence-electron chi connectivity index (χ0n) is 39.2. The monoisotopic (exact) mass is 784 g/mol. The van der Waals surface area contributed by atoms with Gasteiger partial charge in [-0.05, 0) is 111 Å². The van der Waals surface area contributed by atoms with E-state index in [1.807, 2.05) is 109 Å². The second-order valence-electron chi connectivity index (χ2n) is 16.6.